The van der Waals surface area contributed by atoms with Crippen LogP contribution in [0.5, 0.6) is 0 Å². The molecule has 0 aliphatic rings. The summed E-state index contributed by atoms with van der Waals surface area (Å²) in [5.41, 5.74) is 0. The second-order valence-electron chi connectivity index (χ2n) is 2.85. The van der Waals surface area contributed by atoms with E-state index in [0.29, 0.717) is 0 Å². The topological polar surface area (TPSA) is 37.4 Å². The average molecular weight is 229 g/mol. The van der Waals surface area contributed by atoms with Gasteiger partial charge in [0.1, 0.15) is 6.04 Å². The van der Waals surface area contributed by atoms with Gasteiger partial charge in [0.25, 0.3) is 0 Å². The van der Waals surface area contributed by atoms with Crippen molar-refractivity contribution in [2.45, 2.75) is 19.9 Å². The van der Waals surface area contributed by atoms with Crippen molar-refractivity contribution in [2.24, 2.45) is 0 Å². The molecule has 3 nitrogen and oxygen atoms in total. The lowest BCUT2D eigenvalue weighted by Gasteiger charge is -2.23. The Morgan fingerprint density at radius 2 is 2.21 bits per heavy atom. The van der Waals surface area contributed by atoms with Gasteiger partial charge in [-0.25, -0.2) is 0 Å². The second-order valence-corrected chi connectivity index (χ2v) is 4.22. The summed E-state index contributed by atoms with van der Waals surface area (Å²) in [5.74, 6) is -0.151. The van der Waals surface area contributed by atoms with E-state index >= 15 is 0 Å². The molecule has 0 saturated heterocycles. The first-order valence-electron chi connectivity index (χ1n) is 4.10. The number of anilines is 1. The first kappa shape index (κ1) is 11.3. The molecule has 1 atom stereocenters. The molecule has 0 bridgehead atoms. The van der Waals surface area contributed by atoms with Crippen LogP contribution >= 0.6 is 24.0 Å². The highest BCUT2D eigenvalue weighted by Gasteiger charge is 2.23. The first-order chi connectivity index (χ1) is 6.54. The summed E-state index contributed by atoms with van der Waals surface area (Å²) >= 11 is 5.15. The van der Waals surface area contributed by atoms with Gasteiger partial charge >= 0.3 is 0 Å². The molecule has 5 heteroatoms. The van der Waals surface area contributed by atoms with E-state index in [4.69, 9.17) is 0 Å². The summed E-state index contributed by atoms with van der Waals surface area (Å²) in [7, 11) is 0. The van der Waals surface area contributed by atoms with Gasteiger partial charge in [-0.3, -0.25) is 14.5 Å². The minimum absolute atomic E-state index is 0.151. The van der Waals surface area contributed by atoms with Crippen molar-refractivity contribution in [1.29, 1.82) is 0 Å². The highest BCUT2D eigenvalue weighted by atomic mass is 32.1. The zero-order valence-electron chi connectivity index (χ0n) is 7.93. The minimum atomic E-state index is -0.519. The SMILES string of the molecule is CC(=O)N(c1cccs1)C(C)C(=O)S. The number of carbonyl (C=O) groups excluding carboxylic acids is 2. The van der Waals surface area contributed by atoms with Crippen LogP contribution in [0.4, 0.5) is 5.00 Å². The van der Waals surface area contributed by atoms with Crippen molar-refractivity contribution < 1.29 is 9.59 Å². The lowest BCUT2D eigenvalue weighted by Crippen LogP contribution is -2.40. The molecular weight excluding hydrogens is 218 g/mol. The van der Waals surface area contributed by atoms with Gasteiger partial charge in [0, 0.05) is 6.92 Å². The molecular formula is C9H11NO2S2. The van der Waals surface area contributed by atoms with Crippen molar-refractivity contribution in [3.63, 3.8) is 0 Å². The van der Waals surface area contributed by atoms with Crippen LogP contribution in [0.15, 0.2) is 17.5 Å². The molecule has 0 aromatic carbocycles. The van der Waals surface area contributed by atoms with Gasteiger partial charge in [-0.2, -0.15) is 0 Å². The molecule has 1 aromatic heterocycles. The number of rotatable bonds is 3. The molecule has 1 amide bonds. The smallest absolute Gasteiger partial charge is 0.225 e. The molecule has 0 spiro atoms. The number of carbonyl (C=O) groups is 2. The Bertz CT molecular complexity index is 335. The molecule has 0 fully saturated rings. The standard InChI is InChI=1S/C9H11NO2S2/c1-6(9(12)13)10(7(2)11)8-4-3-5-14-8/h3-6H,1-2H3,(H,12,13). The maximum Gasteiger partial charge on any atom is 0.225 e. The second kappa shape index (κ2) is 4.61. The number of nitrogens with zero attached hydrogens (tertiary/aromatic N) is 1. The molecule has 14 heavy (non-hydrogen) atoms. The summed E-state index contributed by atoms with van der Waals surface area (Å²) in [5, 5.41) is 2.32. The highest BCUT2D eigenvalue weighted by molar-refractivity contribution is 7.96. The van der Waals surface area contributed by atoms with Crippen molar-refractivity contribution in [3.05, 3.63) is 17.5 Å². The van der Waals surface area contributed by atoms with Crippen LogP contribution in [0.1, 0.15) is 13.8 Å². The Labute approximate surface area is 92.1 Å². The largest absolute Gasteiger partial charge is 0.293 e. The van der Waals surface area contributed by atoms with Crippen LogP contribution in [0.25, 0.3) is 0 Å². The van der Waals surface area contributed by atoms with Gasteiger partial charge in [0.2, 0.25) is 11.0 Å². The zero-order valence-corrected chi connectivity index (χ0v) is 9.64. The summed E-state index contributed by atoms with van der Waals surface area (Å²) < 4.78 is 0. The maximum atomic E-state index is 11.3. The van der Waals surface area contributed by atoms with Crippen molar-refractivity contribution in [1.82, 2.24) is 0 Å². The molecule has 1 rings (SSSR count). The number of thiophene rings is 1. The molecule has 1 unspecified atom stereocenters. The van der Waals surface area contributed by atoms with E-state index in [9.17, 15) is 9.59 Å². The Morgan fingerprint density at radius 1 is 1.57 bits per heavy atom. The molecule has 0 N–H and O–H groups in total. The third-order valence-corrected chi connectivity index (χ3v) is 3.07. The minimum Gasteiger partial charge on any atom is -0.293 e. The number of hydrogen-bond donors (Lipinski definition) is 1. The fraction of sp³-hybridized carbons (Fsp3) is 0.333. The molecule has 1 aromatic rings. The average Bonchev–Trinajstić information content (AvgIpc) is 2.56. The maximum absolute atomic E-state index is 11.3. The fourth-order valence-corrected chi connectivity index (χ4v) is 2.11. The van der Waals surface area contributed by atoms with Gasteiger partial charge in [0.05, 0.1) is 5.00 Å². The quantitative estimate of drug-likeness (QED) is 0.804. The van der Waals surface area contributed by atoms with Crippen LogP contribution in [-0.4, -0.2) is 17.1 Å². The Balaban J connectivity index is 2.97. The third kappa shape index (κ3) is 2.36. The van der Waals surface area contributed by atoms with Gasteiger partial charge in [0.15, 0.2) is 0 Å². The Hall–Kier alpha value is -0.810. The van der Waals surface area contributed by atoms with E-state index in [1.165, 1.54) is 23.2 Å². The van der Waals surface area contributed by atoms with Gasteiger partial charge in [-0.15, -0.1) is 24.0 Å². The third-order valence-electron chi connectivity index (χ3n) is 1.83. The van der Waals surface area contributed by atoms with Crippen LogP contribution < -0.4 is 4.90 Å². The van der Waals surface area contributed by atoms with E-state index in [1.54, 1.807) is 13.0 Å². The van der Waals surface area contributed by atoms with Crippen LogP contribution in [0.3, 0.4) is 0 Å². The molecule has 76 valence electrons. The summed E-state index contributed by atoms with van der Waals surface area (Å²) in [4.78, 5) is 23.8. The Kier molecular flexibility index (Phi) is 3.71. The lowest BCUT2D eigenvalue weighted by molar-refractivity contribution is -0.119. The monoisotopic (exact) mass is 229 g/mol. The van der Waals surface area contributed by atoms with E-state index in [-0.39, 0.29) is 11.0 Å². The summed E-state index contributed by atoms with van der Waals surface area (Å²) in [6.45, 7) is 3.10. The Morgan fingerprint density at radius 3 is 2.57 bits per heavy atom. The lowest BCUT2D eigenvalue weighted by atomic mass is 10.3. The van der Waals surface area contributed by atoms with Crippen LogP contribution in [0, 0.1) is 0 Å². The van der Waals surface area contributed by atoms with E-state index in [0.717, 1.165) is 5.00 Å². The molecule has 0 aliphatic carbocycles. The number of thiol groups is 1. The van der Waals surface area contributed by atoms with E-state index in [2.05, 4.69) is 12.6 Å². The van der Waals surface area contributed by atoms with Crippen molar-refractivity contribution in [2.75, 3.05) is 4.90 Å². The molecule has 0 saturated carbocycles. The van der Waals surface area contributed by atoms with E-state index in [1.807, 2.05) is 11.4 Å². The fourth-order valence-electron chi connectivity index (χ4n) is 1.14. The summed E-state index contributed by atoms with van der Waals surface area (Å²) in [6, 6.07) is 3.12. The predicted octanol–water partition coefficient (Wildman–Crippen LogP) is 1.95. The van der Waals surface area contributed by atoms with Crippen molar-refractivity contribution in [3.8, 4) is 0 Å². The molecule has 1 heterocycles. The zero-order chi connectivity index (χ0) is 10.7. The summed E-state index contributed by atoms with van der Waals surface area (Å²) in [6.07, 6.45) is 0. The first-order valence-corrected chi connectivity index (χ1v) is 5.43. The molecule has 0 aliphatic heterocycles. The molecule has 0 radical (unpaired) electrons. The van der Waals surface area contributed by atoms with Gasteiger partial charge < -0.3 is 0 Å². The number of hydrogen-bond acceptors (Lipinski definition) is 3. The van der Waals surface area contributed by atoms with E-state index < -0.39 is 6.04 Å². The number of amides is 1. The van der Waals surface area contributed by atoms with Gasteiger partial charge in [-0.1, -0.05) is 0 Å². The normalized spacial score (nSPS) is 12.2. The predicted molar refractivity (Wildman–Crippen MR) is 60.9 cm³/mol. The highest BCUT2D eigenvalue weighted by Crippen LogP contribution is 2.24. The van der Waals surface area contributed by atoms with Crippen molar-refractivity contribution >= 4 is 40.0 Å². The van der Waals surface area contributed by atoms with Gasteiger partial charge in [-0.05, 0) is 24.4 Å². The van der Waals surface area contributed by atoms with Crippen LogP contribution in [-0.2, 0) is 9.59 Å². The van der Waals surface area contributed by atoms with Crippen LogP contribution in [0.2, 0.25) is 0 Å².